The third-order valence-electron chi connectivity index (χ3n) is 6.00. The minimum absolute atomic E-state index is 0.105. The molecule has 1 nitrogen and oxygen atoms in total. The van der Waals surface area contributed by atoms with Gasteiger partial charge in [-0.3, -0.25) is 0 Å². The summed E-state index contributed by atoms with van der Waals surface area (Å²) in [4.78, 5) is 5.14. The van der Waals surface area contributed by atoms with Crippen LogP contribution in [0, 0.1) is 6.92 Å². The van der Waals surface area contributed by atoms with Crippen molar-refractivity contribution in [1.82, 2.24) is 4.98 Å². The van der Waals surface area contributed by atoms with E-state index in [1.54, 1.807) is 0 Å². The first-order valence-corrected chi connectivity index (χ1v) is 18.5. The second-order valence-electron chi connectivity index (χ2n) is 10.7. The zero-order chi connectivity index (χ0) is 22.4. The topological polar surface area (TPSA) is 12.9 Å². The van der Waals surface area contributed by atoms with Crippen LogP contribution in [0.25, 0.3) is 33.3 Å². The Bertz CT molecular complexity index is 1240. The van der Waals surface area contributed by atoms with Crippen molar-refractivity contribution < 1.29 is 0 Å². The van der Waals surface area contributed by atoms with Crippen LogP contribution >= 0.6 is 0 Å². The fraction of sp³-hybridized carbons (Fsp3) is 0.276. The van der Waals surface area contributed by atoms with Crippen molar-refractivity contribution in [3.05, 3.63) is 83.9 Å². The van der Waals surface area contributed by atoms with Crippen LogP contribution in [0.1, 0.15) is 31.9 Å². The molecule has 0 radical (unpaired) electrons. The van der Waals surface area contributed by atoms with Gasteiger partial charge in [-0.1, -0.05) is 0 Å². The number of rotatable bonds is 3. The van der Waals surface area contributed by atoms with Crippen LogP contribution in [0.15, 0.2) is 72.8 Å². The van der Waals surface area contributed by atoms with E-state index in [1.807, 2.05) is 0 Å². The van der Waals surface area contributed by atoms with Gasteiger partial charge in [0.25, 0.3) is 0 Å². The van der Waals surface area contributed by atoms with Crippen LogP contribution in [-0.4, -0.2) is 18.3 Å². The Morgan fingerprint density at radius 2 is 1.45 bits per heavy atom. The molecule has 0 atom stereocenters. The molecule has 0 amide bonds. The summed E-state index contributed by atoms with van der Waals surface area (Å²) in [6, 6.07) is 26.9. The molecule has 0 saturated carbocycles. The van der Waals surface area contributed by atoms with Crippen molar-refractivity contribution in [3.63, 3.8) is 0 Å². The standard InChI is InChI=1S/C29H33GeN/c1-20-15-22(17-23(16-20)29(2,3)4)28-19-25(21-11-9-8-10-12-21)26-18-24(30(5,6)7)13-14-27(26)31-28/h8-19H,1-7H3. The molecule has 3 aromatic carbocycles. The molecule has 1 heterocycles. The van der Waals surface area contributed by atoms with Gasteiger partial charge in [0.2, 0.25) is 0 Å². The number of hydrogen-bond acceptors (Lipinski definition) is 1. The van der Waals surface area contributed by atoms with Gasteiger partial charge in [0, 0.05) is 0 Å². The maximum atomic E-state index is 5.14. The van der Waals surface area contributed by atoms with Gasteiger partial charge in [0.05, 0.1) is 0 Å². The Labute approximate surface area is 189 Å². The first kappa shape index (κ1) is 21.8. The number of pyridine rings is 1. The predicted molar refractivity (Wildman–Crippen MR) is 139 cm³/mol. The van der Waals surface area contributed by atoms with E-state index in [1.165, 1.54) is 37.6 Å². The SMILES string of the molecule is Cc1cc(-c2cc(-c3ccccc3)c3c[c]([Ge]([CH3])([CH3])[CH3])ccc3n2)cc(C(C)(C)C)c1. The van der Waals surface area contributed by atoms with E-state index in [2.05, 4.69) is 118 Å². The molecule has 1 aromatic heterocycles. The Morgan fingerprint density at radius 1 is 0.742 bits per heavy atom. The van der Waals surface area contributed by atoms with Crippen LogP contribution in [-0.2, 0) is 5.41 Å². The van der Waals surface area contributed by atoms with Gasteiger partial charge < -0.3 is 0 Å². The van der Waals surface area contributed by atoms with E-state index in [9.17, 15) is 0 Å². The first-order valence-electron chi connectivity index (χ1n) is 11.2. The monoisotopic (exact) mass is 469 g/mol. The van der Waals surface area contributed by atoms with E-state index < -0.39 is 13.3 Å². The summed E-state index contributed by atoms with van der Waals surface area (Å²) in [5.74, 6) is 7.35. The van der Waals surface area contributed by atoms with E-state index >= 15 is 0 Å². The quantitative estimate of drug-likeness (QED) is 0.281. The van der Waals surface area contributed by atoms with Crippen molar-refractivity contribution in [3.8, 4) is 22.4 Å². The summed E-state index contributed by atoms with van der Waals surface area (Å²) in [6.07, 6.45) is 0. The van der Waals surface area contributed by atoms with E-state index in [4.69, 9.17) is 4.98 Å². The normalized spacial score (nSPS) is 12.4. The molecule has 0 fully saturated rings. The Kier molecular flexibility index (Phi) is 5.60. The average Bonchev–Trinajstić information content (AvgIpc) is 2.71. The van der Waals surface area contributed by atoms with Crippen molar-refractivity contribution in [2.75, 3.05) is 0 Å². The molecule has 31 heavy (non-hydrogen) atoms. The van der Waals surface area contributed by atoms with E-state index in [0.717, 1.165) is 11.2 Å². The molecule has 0 aliphatic carbocycles. The van der Waals surface area contributed by atoms with Gasteiger partial charge in [-0.25, -0.2) is 0 Å². The number of aromatic nitrogens is 1. The van der Waals surface area contributed by atoms with Gasteiger partial charge in [-0.05, 0) is 0 Å². The van der Waals surface area contributed by atoms with Crippen molar-refractivity contribution in [2.45, 2.75) is 50.4 Å². The van der Waals surface area contributed by atoms with Crippen molar-refractivity contribution in [1.29, 1.82) is 0 Å². The second-order valence-corrected chi connectivity index (χ2v) is 21.4. The fourth-order valence-electron chi connectivity index (χ4n) is 4.06. The van der Waals surface area contributed by atoms with Crippen LogP contribution in [0.5, 0.6) is 0 Å². The summed E-state index contributed by atoms with van der Waals surface area (Å²) in [5, 5.41) is 1.26. The Hall–Kier alpha value is -2.39. The molecule has 0 aliphatic heterocycles. The maximum absolute atomic E-state index is 5.14. The molecule has 0 bridgehead atoms. The van der Waals surface area contributed by atoms with Gasteiger partial charge in [-0.15, -0.1) is 0 Å². The molecule has 158 valence electrons. The zero-order valence-electron chi connectivity index (χ0n) is 19.9. The predicted octanol–water partition coefficient (Wildman–Crippen LogP) is 7.72. The molecule has 0 spiro atoms. The minimum atomic E-state index is -1.94. The van der Waals surface area contributed by atoms with Gasteiger partial charge in [0.1, 0.15) is 0 Å². The third-order valence-corrected chi connectivity index (χ3v) is 10.3. The van der Waals surface area contributed by atoms with E-state index in [0.29, 0.717) is 0 Å². The number of hydrogen-bond donors (Lipinski definition) is 0. The number of nitrogens with zero attached hydrogens (tertiary/aromatic N) is 1. The Morgan fingerprint density at radius 3 is 2.10 bits per heavy atom. The number of fused-ring (bicyclic) bond motifs is 1. The van der Waals surface area contributed by atoms with Crippen LogP contribution in [0.3, 0.4) is 0 Å². The van der Waals surface area contributed by atoms with Crippen molar-refractivity contribution >= 4 is 28.6 Å². The van der Waals surface area contributed by atoms with Gasteiger partial charge in [0.15, 0.2) is 0 Å². The summed E-state index contributed by atoms with van der Waals surface area (Å²) in [6.45, 7) is 9.00. The molecule has 0 saturated heterocycles. The molecule has 4 rings (SSSR count). The summed E-state index contributed by atoms with van der Waals surface area (Å²) < 4.78 is 1.52. The van der Waals surface area contributed by atoms with Crippen LogP contribution < -0.4 is 4.40 Å². The van der Waals surface area contributed by atoms with Gasteiger partial charge >= 0.3 is 190 Å². The summed E-state index contributed by atoms with van der Waals surface area (Å²) in [5.41, 5.74) is 8.57. The van der Waals surface area contributed by atoms with Gasteiger partial charge in [-0.2, -0.15) is 0 Å². The summed E-state index contributed by atoms with van der Waals surface area (Å²) in [7, 11) is 0. The molecular formula is C29H33GeN. The molecule has 4 aromatic rings. The van der Waals surface area contributed by atoms with E-state index in [-0.39, 0.29) is 5.41 Å². The molecule has 0 N–H and O–H groups in total. The van der Waals surface area contributed by atoms with Crippen LogP contribution in [0.2, 0.25) is 17.3 Å². The molecule has 2 heteroatoms. The Balaban J connectivity index is 2.00. The van der Waals surface area contributed by atoms with Crippen molar-refractivity contribution in [2.24, 2.45) is 0 Å². The average molecular weight is 468 g/mol. The number of benzene rings is 3. The first-order chi connectivity index (χ1) is 14.5. The number of aryl methyl sites for hydroxylation is 1. The molecule has 0 unspecified atom stereocenters. The zero-order valence-corrected chi connectivity index (χ0v) is 22.0. The second kappa shape index (κ2) is 7.95. The molecule has 0 aliphatic rings. The fourth-order valence-corrected chi connectivity index (χ4v) is 6.50. The molecular weight excluding hydrogens is 435 g/mol. The summed E-state index contributed by atoms with van der Waals surface area (Å²) >= 11 is -1.94. The third kappa shape index (κ3) is 4.62. The van der Waals surface area contributed by atoms with Crippen LogP contribution in [0.4, 0.5) is 0 Å².